The second kappa shape index (κ2) is 4.51. The Labute approximate surface area is 116 Å². The standard InChI is InChI=1S/C11H8BrN5S/c12-6-1-3-7(4-2-6)15-11-16-9-8(10(18)17-11)13-5-14-9/h1-5H,(H3,13,14,15,16,17,18). The third kappa shape index (κ3) is 2.14. The van der Waals surface area contributed by atoms with Crippen molar-refractivity contribution in [1.29, 1.82) is 0 Å². The molecular weight excluding hydrogens is 314 g/mol. The Hall–Kier alpha value is -1.73. The van der Waals surface area contributed by atoms with Crippen LogP contribution in [0.4, 0.5) is 11.6 Å². The van der Waals surface area contributed by atoms with E-state index < -0.39 is 0 Å². The number of fused-ring (bicyclic) bond motifs is 1. The van der Waals surface area contributed by atoms with Crippen LogP contribution < -0.4 is 5.32 Å². The molecule has 3 aromatic rings. The van der Waals surface area contributed by atoms with Crippen LogP contribution in [-0.2, 0) is 0 Å². The van der Waals surface area contributed by atoms with E-state index in [-0.39, 0.29) is 0 Å². The lowest BCUT2D eigenvalue weighted by molar-refractivity contribution is 1.18. The zero-order valence-corrected chi connectivity index (χ0v) is 11.5. The lowest BCUT2D eigenvalue weighted by atomic mass is 10.3. The number of rotatable bonds is 2. The SMILES string of the molecule is S=c1nc(Nc2ccc(Br)cc2)[nH]c2nc[nH]c12. The van der Waals surface area contributed by atoms with Crippen molar-refractivity contribution in [2.45, 2.75) is 0 Å². The van der Waals surface area contributed by atoms with Crippen molar-refractivity contribution < 1.29 is 0 Å². The van der Waals surface area contributed by atoms with Gasteiger partial charge in [0.2, 0.25) is 5.95 Å². The van der Waals surface area contributed by atoms with Gasteiger partial charge < -0.3 is 15.3 Å². The fourth-order valence-corrected chi connectivity index (χ4v) is 2.09. The quantitative estimate of drug-likeness (QED) is 0.632. The molecule has 0 aliphatic carbocycles. The van der Waals surface area contributed by atoms with Gasteiger partial charge in [0.15, 0.2) is 10.3 Å². The summed E-state index contributed by atoms with van der Waals surface area (Å²) in [4.78, 5) is 14.4. The van der Waals surface area contributed by atoms with Gasteiger partial charge in [0, 0.05) is 10.2 Å². The summed E-state index contributed by atoms with van der Waals surface area (Å²) in [5.41, 5.74) is 2.35. The van der Waals surface area contributed by atoms with E-state index in [2.05, 4.69) is 41.2 Å². The topological polar surface area (TPSA) is 69.4 Å². The van der Waals surface area contributed by atoms with Gasteiger partial charge >= 0.3 is 0 Å². The maximum absolute atomic E-state index is 5.18. The summed E-state index contributed by atoms with van der Waals surface area (Å²) in [7, 11) is 0. The first-order valence-electron chi connectivity index (χ1n) is 5.18. The van der Waals surface area contributed by atoms with Gasteiger partial charge in [-0.3, -0.25) is 0 Å². The minimum atomic E-state index is 0.487. The highest BCUT2D eigenvalue weighted by Crippen LogP contribution is 2.18. The van der Waals surface area contributed by atoms with Gasteiger partial charge in [-0.15, -0.1) is 0 Å². The maximum atomic E-state index is 5.18. The number of nitrogens with one attached hydrogen (secondary N) is 3. The fraction of sp³-hybridized carbons (Fsp3) is 0. The Bertz CT molecular complexity index is 746. The number of hydrogen-bond donors (Lipinski definition) is 3. The highest BCUT2D eigenvalue weighted by atomic mass is 79.9. The molecule has 0 saturated carbocycles. The van der Waals surface area contributed by atoms with Crippen LogP contribution in [0.2, 0.25) is 0 Å². The molecule has 90 valence electrons. The van der Waals surface area contributed by atoms with Crippen LogP contribution in [0.25, 0.3) is 11.2 Å². The Morgan fingerprint density at radius 3 is 2.78 bits per heavy atom. The monoisotopic (exact) mass is 321 g/mol. The number of aromatic amines is 2. The third-order valence-corrected chi connectivity index (χ3v) is 3.23. The van der Waals surface area contributed by atoms with Crippen molar-refractivity contribution in [2.75, 3.05) is 5.32 Å². The highest BCUT2D eigenvalue weighted by Gasteiger charge is 2.03. The van der Waals surface area contributed by atoms with E-state index in [1.54, 1.807) is 6.33 Å². The molecule has 1 aromatic carbocycles. The van der Waals surface area contributed by atoms with E-state index in [0.717, 1.165) is 15.7 Å². The van der Waals surface area contributed by atoms with Gasteiger partial charge in [-0.2, -0.15) is 0 Å². The molecule has 0 atom stereocenters. The predicted octanol–water partition coefficient (Wildman–Crippen LogP) is 3.52. The number of nitrogens with zero attached hydrogens (tertiary/aromatic N) is 2. The normalized spacial score (nSPS) is 10.7. The number of hydrogen-bond acceptors (Lipinski definition) is 4. The van der Waals surface area contributed by atoms with Crippen LogP contribution in [-0.4, -0.2) is 19.9 Å². The van der Waals surface area contributed by atoms with Crippen LogP contribution in [0.5, 0.6) is 0 Å². The summed E-state index contributed by atoms with van der Waals surface area (Å²) in [6, 6.07) is 7.78. The van der Waals surface area contributed by atoms with Crippen LogP contribution in [0.3, 0.4) is 0 Å². The molecule has 18 heavy (non-hydrogen) atoms. The highest BCUT2D eigenvalue weighted by molar-refractivity contribution is 9.10. The fourth-order valence-electron chi connectivity index (χ4n) is 1.58. The van der Waals surface area contributed by atoms with Gasteiger partial charge in [0.25, 0.3) is 0 Å². The van der Waals surface area contributed by atoms with Crippen molar-refractivity contribution in [3.05, 3.63) is 39.7 Å². The number of benzene rings is 1. The van der Waals surface area contributed by atoms with Crippen molar-refractivity contribution in [3.8, 4) is 0 Å². The molecule has 0 bridgehead atoms. The molecule has 3 N–H and O–H groups in total. The Morgan fingerprint density at radius 1 is 1.22 bits per heavy atom. The first kappa shape index (κ1) is 11.4. The predicted molar refractivity (Wildman–Crippen MR) is 76.5 cm³/mol. The smallest absolute Gasteiger partial charge is 0.207 e. The maximum Gasteiger partial charge on any atom is 0.207 e. The zero-order chi connectivity index (χ0) is 12.5. The minimum Gasteiger partial charge on any atom is -0.341 e. The molecule has 0 amide bonds. The van der Waals surface area contributed by atoms with E-state index in [1.807, 2.05) is 24.3 Å². The molecule has 0 spiro atoms. The summed E-state index contributed by atoms with van der Waals surface area (Å²) in [5, 5.41) is 3.15. The van der Waals surface area contributed by atoms with Crippen LogP contribution in [0.1, 0.15) is 0 Å². The van der Waals surface area contributed by atoms with E-state index in [9.17, 15) is 0 Å². The first-order chi connectivity index (χ1) is 8.72. The second-order valence-corrected chi connectivity index (χ2v) is 4.95. The molecule has 0 aliphatic rings. The van der Waals surface area contributed by atoms with E-state index >= 15 is 0 Å². The first-order valence-corrected chi connectivity index (χ1v) is 6.38. The average molecular weight is 322 g/mol. The Morgan fingerprint density at radius 2 is 2.00 bits per heavy atom. The van der Waals surface area contributed by atoms with E-state index in [0.29, 0.717) is 16.2 Å². The minimum absolute atomic E-state index is 0.487. The lowest BCUT2D eigenvalue weighted by Crippen LogP contribution is -1.97. The van der Waals surface area contributed by atoms with Gasteiger partial charge in [-0.05, 0) is 24.3 Å². The molecule has 0 unspecified atom stereocenters. The van der Waals surface area contributed by atoms with Gasteiger partial charge in [0.1, 0.15) is 5.52 Å². The molecule has 2 heterocycles. The van der Waals surface area contributed by atoms with Gasteiger partial charge in [-0.1, -0.05) is 28.1 Å². The molecule has 0 aliphatic heterocycles. The summed E-state index contributed by atoms with van der Waals surface area (Å²) in [6.45, 7) is 0. The van der Waals surface area contributed by atoms with Crippen LogP contribution in [0, 0.1) is 4.64 Å². The number of anilines is 2. The van der Waals surface area contributed by atoms with Gasteiger partial charge in [-0.25, -0.2) is 9.97 Å². The summed E-state index contributed by atoms with van der Waals surface area (Å²) >= 11 is 8.57. The Kier molecular flexibility index (Phi) is 2.85. The zero-order valence-electron chi connectivity index (χ0n) is 9.07. The Balaban J connectivity index is 1.99. The number of halogens is 1. The summed E-state index contributed by atoms with van der Waals surface area (Å²) in [6.07, 6.45) is 1.59. The molecular formula is C11H8BrN5S. The van der Waals surface area contributed by atoms with Gasteiger partial charge in [0.05, 0.1) is 6.33 Å². The van der Waals surface area contributed by atoms with E-state index in [1.165, 1.54) is 0 Å². The molecule has 0 fully saturated rings. The second-order valence-electron chi connectivity index (χ2n) is 3.65. The number of aromatic nitrogens is 4. The summed E-state index contributed by atoms with van der Waals surface area (Å²) in [5.74, 6) is 0.571. The molecule has 0 radical (unpaired) electrons. The molecule has 2 aromatic heterocycles. The molecule has 5 nitrogen and oxygen atoms in total. The van der Waals surface area contributed by atoms with Crippen molar-refractivity contribution in [1.82, 2.24) is 19.9 Å². The van der Waals surface area contributed by atoms with E-state index in [4.69, 9.17) is 12.2 Å². The largest absolute Gasteiger partial charge is 0.341 e. The number of H-pyrrole nitrogens is 2. The number of imidazole rings is 1. The average Bonchev–Trinajstić information content (AvgIpc) is 2.81. The lowest BCUT2D eigenvalue weighted by Gasteiger charge is -2.05. The molecule has 0 saturated heterocycles. The van der Waals surface area contributed by atoms with Crippen molar-refractivity contribution in [2.24, 2.45) is 0 Å². The van der Waals surface area contributed by atoms with Crippen molar-refractivity contribution >= 4 is 50.9 Å². The van der Waals surface area contributed by atoms with Crippen LogP contribution >= 0.6 is 28.1 Å². The summed E-state index contributed by atoms with van der Waals surface area (Å²) < 4.78 is 1.51. The van der Waals surface area contributed by atoms with Crippen molar-refractivity contribution in [3.63, 3.8) is 0 Å². The molecule has 7 heteroatoms. The third-order valence-electron chi connectivity index (χ3n) is 2.41. The molecule has 3 rings (SSSR count). The van der Waals surface area contributed by atoms with Crippen LogP contribution in [0.15, 0.2) is 35.1 Å².